The van der Waals surface area contributed by atoms with Gasteiger partial charge < -0.3 is 5.11 Å². The molecule has 0 fully saturated rings. The molecular formula is C9H6BrNO2S2. The van der Waals surface area contributed by atoms with Gasteiger partial charge in [-0.2, -0.15) is 0 Å². The molecule has 0 bridgehead atoms. The molecule has 0 unspecified atom stereocenters. The van der Waals surface area contributed by atoms with E-state index >= 15 is 0 Å². The standard InChI is InChI=1S/C9H6BrNO2S2/c10-6-1-2-14-8(6)9-11-5(4-15-9)3-7(12)13/h1-2,4H,3H2,(H,12,13). The second-order valence-electron chi connectivity index (χ2n) is 2.81. The minimum absolute atomic E-state index is 0.0144. The van der Waals surface area contributed by atoms with Gasteiger partial charge in [-0.1, -0.05) is 0 Å². The maximum absolute atomic E-state index is 10.5. The number of halogens is 1. The summed E-state index contributed by atoms with van der Waals surface area (Å²) in [5.74, 6) is -0.850. The fraction of sp³-hybridized carbons (Fsp3) is 0.111. The van der Waals surface area contributed by atoms with Crippen LogP contribution in [0.1, 0.15) is 5.69 Å². The number of hydrogen-bond acceptors (Lipinski definition) is 4. The quantitative estimate of drug-likeness (QED) is 0.947. The van der Waals surface area contributed by atoms with E-state index in [1.165, 1.54) is 11.3 Å². The number of nitrogens with zero attached hydrogens (tertiary/aromatic N) is 1. The summed E-state index contributed by atoms with van der Waals surface area (Å²) >= 11 is 6.48. The first-order chi connectivity index (χ1) is 7.16. The summed E-state index contributed by atoms with van der Waals surface area (Å²) in [6, 6.07) is 1.96. The highest BCUT2D eigenvalue weighted by Crippen LogP contribution is 2.35. The highest BCUT2D eigenvalue weighted by atomic mass is 79.9. The first-order valence-electron chi connectivity index (χ1n) is 4.06. The third-order valence-corrected chi connectivity index (χ3v) is 4.58. The van der Waals surface area contributed by atoms with Crippen molar-refractivity contribution < 1.29 is 9.90 Å². The molecule has 0 saturated heterocycles. The first-order valence-corrected chi connectivity index (χ1v) is 6.61. The van der Waals surface area contributed by atoms with Gasteiger partial charge in [0.15, 0.2) is 0 Å². The molecule has 1 N–H and O–H groups in total. The molecule has 0 radical (unpaired) electrons. The molecule has 2 aromatic rings. The Bertz CT molecular complexity index is 492. The van der Waals surface area contributed by atoms with E-state index in [2.05, 4.69) is 20.9 Å². The summed E-state index contributed by atoms with van der Waals surface area (Å²) in [4.78, 5) is 15.8. The lowest BCUT2D eigenvalue weighted by atomic mass is 10.3. The van der Waals surface area contributed by atoms with E-state index < -0.39 is 5.97 Å². The number of carboxylic acids is 1. The Morgan fingerprint density at radius 3 is 2.93 bits per heavy atom. The monoisotopic (exact) mass is 303 g/mol. The van der Waals surface area contributed by atoms with Crippen LogP contribution in [0.25, 0.3) is 9.88 Å². The third-order valence-electron chi connectivity index (χ3n) is 1.70. The topological polar surface area (TPSA) is 50.2 Å². The summed E-state index contributed by atoms with van der Waals surface area (Å²) in [5.41, 5.74) is 0.614. The highest BCUT2D eigenvalue weighted by Gasteiger charge is 2.11. The molecule has 0 aromatic carbocycles. The predicted octanol–water partition coefficient (Wildman–Crippen LogP) is 3.26. The second kappa shape index (κ2) is 4.42. The Morgan fingerprint density at radius 1 is 1.53 bits per heavy atom. The van der Waals surface area contributed by atoms with E-state index in [4.69, 9.17) is 5.11 Å². The minimum atomic E-state index is -0.850. The number of thiazole rings is 1. The normalized spacial score (nSPS) is 10.5. The Morgan fingerprint density at radius 2 is 2.33 bits per heavy atom. The van der Waals surface area contributed by atoms with Crippen LogP contribution in [-0.2, 0) is 11.2 Å². The fourth-order valence-electron chi connectivity index (χ4n) is 1.09. The number of carboxylic acid groups (broad SMARTS) is 1. The number of rotatable bonds is 3. The summed E-state index contributed by atoms with van der Waals surface area (Å²) in [6.45, 7) is 0. The summed E-state index contributed by atoms with van der Waals surface area (Å²) in [7, 11) is 0. The third kappa shape index (κ3) is 2.45. The van der Waals surface area contributed by atoms with E-state index in [0.29, 0.717) is 5.69 Å². The molecule has 0 aliphatic heterocycles. The Kier molecular flexibility index (Phi) is 3.18. The SMILES string of the molecule is O=C(O)Cc1csc(-c2sccc2Br)n1. The molecule has 0 aliphatic rings. The molecule has 78 valence electrons. The van der Waals surface area contributed by atoms with Crippen LogP contribution in [0.5, 0.6) is 0 Å². The highest BCUT2D eigenvalue weighted by molar-refractivity contribution is 9.10. The van der Waals surface area contributed by atoms with Crippen LogP contribution in [-0.4, -0.2) is 16.1 Å². The molecule has 2 aromatic heterocycles. The van der Waals surface area contributed by atoms with E-state index in [0.717, 1.165) is 14.4 Å². The Hall–Kier alpha value is -0.720. The van der Waals surface area contributed by atoms with E-state index in [1.807, 2.05) is 11.4 Å². The van der Waals surface area contributed by atoms with Crippen molar-refractivity contribution in [2.24, 2.45) is 0 Å². The van der Waals surface area contributed by atoms with Crippen molar-refractivity contribution in [1.29, 1.82) is 0 Å². The zero-order chi connectivity index (χ0) is 10.8. The molecular weight excluding hydrogens is 298 g/mol. The molecule has 3 nitrogen and oxygen atoms in total. The number of hydrogen-bond donors (Lipinski definition) is 1. The maximum atomic E-state index is 10.5. The van der Waals surface area contributed by atoms with Crippen LogP contribution >= 0.6 is 38.6 Å². The average Bonchev–Trinajstić information content (AvgIpc) is 2.72. The van der Waals surface area contributed by atoms with Crippen molar-refractivity contribution in [1.82, 2.24) is 4.98 Å². The van der Waals surface area contributed by atoms with Crippen molar-refractivity contribution in [2.45, 2.75) is 6.42 Å². The van der Waals surface area contributed by atoms with Crippen LogP contribution in [0.2, 0.25) is 0 Å². The van der Waals surface area contributed by atoms with Gasteiger partial charge in [-0.25, -0.2) is 4.98 Å². The lowest BCUT2D eigenvalue weighted by Crippen LogP contribution is -1.99. The molecule has 2 rings (SSSR count). The lowest BCUT2D eigenvalue weighted by Gasteiger charge is -1.91. The summed E-state index contributed by atoms with van der Waals surface area (Å²) < 4.78 is 1.00. The fourth-order valence-corrected chi connectivity index (χ4v) is 3.73. The number of aliphatic carboxylic acids is 1. The zero-order valence-electron chi connectivity index (χ0n) is 7.44. The minimum Gasteiger partial charge on any atom is -0.481 e. The average molecular weight is 304 g/mol. The molecule has 0 spiro atoms. The number of aromatic nitrogens is 1. The molecule has 6 heteroatoms. The lowest BCUT2D eigenvalue weighted by molar-refractivity contribution is -0.136. The van der Waals surface area contributed by atoms with Gasteiger partial charge in [-0.3, -0.25) is 4.79 Å². The second-order valence-corrected chi connectivity index (χ2v) is 5.44. The van der Waals surface area contributed by atoms with Gasteiger partial charge in [0.1, 0.15) is 5.01 Å². The molecule has 0 atom stereocenters. The van der Waals surface area contributed by atoms with Crippen LogP contribution in [0, 0.1) is 0 Å². The van der Waals surface area contributed by atoms with Gasteiger partial charge >= 0.3 is 5.97 Å². The van der Waals surface area contributed by atoms with Gasteiger partial charge in [0.05, 0.1) is 17.0 Å². The van der Waals surface area contributed by atoms with Crippen molar-refractivity contribution in [3.8, 4) is 9.88 Å². The van der Waals surface area contributed by atoms with Crippen molar-refractivity contribution in [3.05, 3.63) is 27.0 Å². The first kappa shape index (κ1) is 10.8. The predicted molar refractivity (Wildman–Crippen MR) is 64.5 cm³/mol. The largest absolute Gasteiger partial charge is 0.481 e. The van der Waals surface area contributed by atoms with Gasteiger partial charge in [-0.15, -0.1) is 22.7 Å². The van der Waals surface area contributed by atoms with Crippen LogP contribution in [0.3, 0.4) is 0 Å². The summed E-state index contributed by atoms with van der Waals surface area (Å²) in [5, 5.41) is 13.2. The summed E-state index contributed by atoms with van der Waals surface area (Å²) in [6.07, 6.45) is -0.0144. The van der Waals surface area contributed by atoms with Crippen LogP contribution < -0.4 is 0 Å². The van der Waals surface area contributed by atoms with Gasteiger partial charge in [0, 0.05) is 9.85 Å². The molecule has 2 heterocycles. The van der Waals surface area contributed by atoms with E-state index in [1.54, 1.807) is 16.7 Å². The van der Waals surface area contributed by atoms with Gasteiger partial charge in [0.25, 0.3) is 0 Å². The molecule has 0 saturated carbocycles. The van der Waals surface area contributed by atoms with E-state index in [9.17, 15) is 4.79 Å². The van der Waals surface area contributed by atoms with Gasteiger partial charge in [-0.05, 0) is 27.4 Å². The smallest absolute Gasteiger partial charge is 0.309 e. The Balaban J connectivity index is 2.28. The zero-order valence-corrected chi connectivity index (χ0v) is 10.7. The van der Waals surface area contributed by atoms with Crippen molar-refractivity contribution >= 4 is 44.6 Å². The van der Waals surface area contributed by atoms with Crippen molar-refractivity contribution in [3.63, 3.8) is 0 Å². The van der Waals surface area contributed by atoms with Crippen LogP contribution in [0.4, 0.5) is 0 Å². The maximum Gasteiger partial charge on any atom is 0.309 e. The molecule has 0 amide bonds. The van der Waals surface area contributed by atoms with Crippen LogP contribution in [0.15, 0.2) is 21.3 Å². The molecule has 15 heavy (non-hydrogen) atoms. The number of thiophene rings is 1. The van der Waals surface area contributed by atoms with E-state index in [-0.39, 0.29) is 6.42 Å². The Labute approximate surface area is 103 Å². The molecule has 0 aliphatic carbocycles. The van der Waals surface area contributed by atoms with Gasteiger partial charge in [0.2, 0.25) is 0 Å². The van der Waals surface area contributed by atoms with Crippen molar-refractivity contribution in [2.75, 3.05) is 0 Å². The number of carbonyl (C=O) groups is 1.